The lowest BCUT2D eigenvalue weighted by Crippen LogP contribution is -2.36. The molecule has 20 heavy (non-hydrogen) atoms. The van der Waals surface area contributed by atoms with Gasteiger partial charge in [0.1, 0.15) is 0 Å². The molecule has 0 fully saturated rings. The van der Waals surface area contributed by atoms with E-state index in [1.807, 2.05) is 13.8 Å². The first-order chi connectivity index (χ1) is 9.24. The Morgan fingerprint density at radius 3 is 2.25 bits per heavy atom. The van der Waals surface area contributed by atoms with E-state index in [0.29, 0.717) is 12.1 Å². The van der Waals surface area contributed by atoms with Gasteiger partial charge < -0.3 is 5.11 Å². The molecule has 0 heterocycles. The third kappa shape index (κ3) is 4.85. The summed E-state index contributed by atoms with van der Waals surface area (Å²) in [5, 5.41) is 8.87. The fraction of sp³-hybridized carbons (Fsp3) is 0.500. The number of hydrogen-bond acceptors (Lipinski definition) is 2. The van der Waals surface area contributed by atoms with Crippen molar-refractivity contribution in [2.24, 2.45) is 0 Å². The number of alkyl halides is 3. The lowest BCUT2D eigenvalue weighted by Gasteiger charge is -2.26. The van der Waals surface area contributed by atoms with E-state index in [1.54, 1.807) is 4.90 Å². The van der Waals surface area contributed by atoms with Crippen LogP contribution in [-0.2, 0) is 17.5 Å². The highest BCUT2D eigenvalue weighted by Crippen LogP contribution is 2.29. The minimum Gasteiger partial charge on any atom is -0.480 e. The van der Waals surface area contributed by atoms with Gasteiger partial charge in [-0.15, -0.1) is 0 Å². The zero-order valence-electron chi connectivity index (χ0n) is 11.4. The molecular formula is C14H18F3NO2. The Morgan fingerprint density at radius 2 is 1.85 bits per heavy atom. The molecule has 112 valence electrons. The Kier molecular flexibility index (Phi) is 5.56. The second-order valence-electron chi connectivity index (χ2n) is 4.75. The molecule has 0 aliphatic heterocycles. The first-order valence-electron chi connectivity index (χ1n) is 6.36. The van der Waals surface area contributed by atoms with E-state index in [2.05, 4.69) is 0 Å². The van der Waals surface area contributed by atoms with Crippen LogP contribution in [-0.4, -0.2) is 28.6 Å². The molecule has 1 N–H and O–H groups in total. The molecule has 0 aliphatic rings. The topological polar surface area (TPSA) is 40.5 Å². The molecule has 0 radical (unpaired) electrons. The van der Waals surface area contributed by atoms with Crippen LogP contribution in [0, 0.1) is 0 Å². The lowest BCUT2D eigenvalue weighted by atomic mass is 10.1. The number of carboxylic acids is 1. The summed E-state index contributed by atoms with van der Waals surface area (Å²) in [4.78, 5) is 12.5. The smallest absolute Gasteiger partial charge is 0.416 e. The van der Waals surface area contributed by atoms with E-state index in [-0.39, 0.29) is 12.6 Å². The molecule has 1 aromatic rings. The van der Waals surface area contributed by atoms with Crippen LogP contribution in [0.5, 0.6) is 0 Å². The van der Waals surface area contributed by atoms with Crippen LogP contribution in [0.3, 0.4) is 0 Å². The Balaban J connectivity index is 2.81. The number of hydrogen-bond donors (Lipinski definition) is 1. The number of aliphatic carboxylic acids is 1. The van der Waals surface area contributed by atoms with Crippen molar-refractivity contribution in [3.63, 3.8) is 0 Å². The largest absolute Gasteiger partial charge is 0.480 e. The number of rotatable bonds is 6. The molecule has 0 bridgehead atoms. The van der Waals surface area contributed by atoms with Crippen molar-refractivity contribution in [3.05, 3.63) is 35.4 Å². The fourth-order valence-corrected chi connectivity index (χ4v) is 1.83. The number of benzene rings is 1. The van der Waals surface area contributed by atoms with Gasteiger partial charge in [0.25, 0.3) is 0 Å². The predicted octanol–water partition coefficient (Wildman–Crippen LogP) is 3.39. The predicted molar refractivity (Wildman–Crippen MR) is 69.2 cm³/mol. The summed E-state index contributed by atoms with van der Waals surface area (Å²) in [6.07, 6.45) is -3.58. The summed E-state index contributed by atoms with van der Waals surface area (Å²) in [7, 11) is 0. The van der Waals surface area contributed by atoms with Crippen LogP contribution in [0.25, 0.3) is 0 Å². The van der Waals surface area contributed by atoms with E-state index >= 15 is 0 Å². The summed E-state index contributed by atoms with van der Waals surface area (Å²) in [5.41, 5.74) is -0.0332. The van der Waals surface area contributed by atoms with Gasteiger partial charge in [-0.1, -0.05) is 19.1 Å². The minimum absolute atomic E-state index is 0.0494. The molecule has 0 aromatic heterocycles. The van der Waals surface area contributed by atoms with Gasteiger partial charge in [-0.25, -0.2) is 0 Å². The van der Waals surface area contributed by atoms with Crippen molar-refractivity contribution >= 4 is 5.97 Å². The van der Waals surface area contributed by atoms with Gasteiger partial charge in [0.15, 0.2) is 0 Å². The lowest BCUT2D eigenvalue weighted by molar-refractivity contribution is -0.139. The third-order valence-electron chi connectivity index (χ3n) is 3.22. The van der Waals surface area contributed by atoms with Crippen molar-refractivity contribution < 1.29 is 23.1 Å². The molecule has 1 atom stereocenters. The van der Waals surface area contributed by atoms with E-state index in [0.717, 1.165) is 18.6 Å². The number of halogens is 3. The Morgan fingerprint density at radius 1 is 1.30 bits per heavy atom. The van der Waals surface area contributed by atoms with Crippen LogP contribution in [0.2, 0.25) is 0 Å². The molecule has 1 aromatic carbocycles. The summed E-state index contributed by atoms with van der Waals surface area (Å²) in [6.45, 7) is 4.02. The van der Waals surface area contributed by atoms with E-state index in [1.165, 1.54) is 12.1 Å². The standard InChI is InChI=1S/C14H18F3NO2/c1-3-10(2)18(9-13(19)20)8-11-4-6-12(7-5-11)14(15,16)17/h4-7,10H,3,8-9H2,1-2H3,(H,19,20). The van der Waals surface area contributed by atoms with Gasteiger partial charge in [-0.3, -0.25) is 9.69 Å². The Labute approximate surface area is 116 Å². The second-order valence-corrected chi connectivity index (χ2v) is 4.75. The van der Waals surface area contributed by atoms with Crippen LogP contribution < -0.4 is 0 Å². The quantitative estimate of drug-likeness (QED) is 0.872. The maximum Gasteiger partial charge on any atom is 0.416 e. The highest BCUT2D eigenvalue weighted by molar-refractivity contribution is 5.69. The Bertz CT molecular complexity index is 443. The summed E-state index contributed by atoms with van der Waals surface area (Å²) in [6, 6.07) is 4.86. The molecule has 0 saturated carbocycles. The molecule has 0 saturated heterocycles. The van der Waals surface area contributed by atoms with E-state index in [4.69, 9.17) is 5.11 Å². The Hall–Kier alpha value is -1.56. The molecule has 1 rings (SSSR count). The fourth-order valence-electron chi connectivity index (χ4n) is 1.83. The first-order valence-corrected chi connectivity index (χ1v) is 6.36. The second kappa shape index (κ2) is 6.74. The summed E-state index contributed by atoms with van der Waals surface area (Å²) >= 11 is 0. The normalized spacial score (nSPS) is 13.5. The van der Waals surface area contributed by atoms with Crippen LogP contribution >= 0.6 is 0 Å². The molecule has 0 amide bonds. The molecule has 6 heteroatoms. The number of nitrogens with zero attached hydrogens (tertiary/aromatic N) is 1. The minimum atomic E-state index is -4.35. The number of carbonyl (C=O) groups is 1. The average molecular weight is 289 g/mol. The van der Waals surface area contributed by atoms with Gasteiger partial charge in [0.05, 0.1) is 12.1 Å². The molecular weight excluding hydrogens is 271 g/mol. The molecule has 0 spiro atoms. The molecule has 1 unspecified atom stereocenters. The van der Waals surface area contributed by atoms with Crippen molar-refractivity contribution in [2.45, 2.75) is 39.0 Å². The summed E-state index contributed by atoms with van der Waals surface area (Å²) in [5.74, 6) is -0.947. The van der Waals surface area contributed by atoms with Gasteiger partial charge >= 0.3 is 12.1 Å². The average Bonchev–Trinajstić information content (AvgIpc) is 2.36. The van der Waals surface area contributed by atoms with E-state index < -0.39 is 17.7 Å². The van der Waals surface area contributed by atoms with Gasteiger partial charge in [0.2, 0.25) is 0 Å². The third-order valence-corrected chi connectivity index (χ3v) is 3.22. The van der Waals surface area contributed by atoms with Crippen molar-refractivity contribution in [2.75, 3.05) is 6.54 Å². The molecule has 3 nitrogen and oxygen atoms in total. The van der Waals surface area contributed by atoms with Crippen molar-refractivity contribution in [1.29, 1.82) is 0 Å². The van der Waals surface area contributed by atoms with Gasteiger partial charge in [-0.05, 0) is 31.0 Å². The summed E-state index contributed by atoms with van der Waals surface area (Å²) < 4.78 is 37.3. The zero-order valence-corrected chi connectivity index (χ0v) is 11.4. The van der Waals surface area contributed by atoms with Crippen LogP contribution in [0.15, 0.2) is 24.3 Å². The van der Waals surface area contributed by atoms with Crippen molar-refractivity contribution in [1.82, 2.24) is 4.90 Å². The number of carboxylic acid groups (broad SMARTS) is 1. The van der Waals surface area contributed by atoms with Gasteiger partial charge in [0, 0.05) is 12.6 Å². The highest BCUT2D eigenvalue weighted by Gasteiger charge is 2.30. The van der Waals surface area contributed by atoms with Crippen LogP contribution in [0.4, 0.5) is 13.2 Å². The maximum atomic E-state index is 12.4. The van der Waals surface area contributed by atoms with Gasteiger partial charge in [-0.2, -0.15) is 13.2 Å². The highest BCUT2D eigenvalue weighted by atomic mass is 19.4. The van der Waals surface area contributed by atoms with E-state index in [9.17, 15) is 18.0 Å². The SMILES string of the molecule is CCC(C)N(CC(=O)O)Cc1ccc(C(F)(F)F)cc1. The van der Waals surface area contributed by atoms with Crippen molar-refractivity contribution in [3.8, 4) is 0 Å². The first kappa shape index (κ1) is 16.5. The monoisotopic (exact) mass is 289 g/mol. The van der Waals surface area contributed by atoms with Crippen LogP contribution in [0.1, 0.15) is 31.4 Å². The maximum absolute atomic E-state index is 12.4. The molecule has 0 aliphatic carbocycles. The zero-order chi connectivity index (χ0) is 15.3.